The molecule has 1 amide bonds. The van der Waals surface area contributed by atoms with E-state index in [2.05, 4.69) is 4.72 Å². The highest BCUT2D eigenvalue weighted by Gasteiger charge is 2.30. The van der Waals surface area contributed by atoms with Gasteiger partial charge in [0.25, 0.3) is 5.91 Å². The summed E-state index contributed by atoms with van der Waals surface area (Å²) in [7, 11) is -3.78. The van der Waals surface area contributed by atoms with E-state index in [9.17, 15) is 13.2 Å². The maximum Gasteiger partial charge on any atom is 0.290 e. The molecule has 0 bridgehead atoms. The van der Waals surface area contributed by atoms with E-state index in [1.807, 2.05) is 13.0 Å². The quantitative estimate of drug-likeness (QED) is 0.861. The minimum Gasteiger partial charge on any atom is -0.449 e. The van der Waals surface area contributed by atoms with E-state index in [1.165, 1.54) is 0 Å². The van der Waals surface area contributed by atoms with Gasteiger partial charge in [-0.3, -0.25) is 4.79 Å². The maximum atomic E-state index is 12.9. The topological polar surface area (TPSA) is 88.9 Å². The third-order valence-corrected chi connectivity index (χ3v) is 6.66. The number of sulfonamides is 1. The Balaban J connectivity index is 2.20. The molecule has 1 N–H and O–H groups in total. The lowest BCUT2D eigenvalue weighted by Gasteiger charge is -2.26. The van der Waals surface area contributed by atoms with Crippen molar-refractivity contribution in [3.63, 3.8) is 0 Å². The summed E-state index contributed by atoms with van der Waals surface area (Å²) in [5, 5.41) is 0.652. The van der Waals surface area contributed by atoms with Gasteiger partial charge in [0.1, 0.15) is 4.90 Å². The molecule has 3 rings (SSSR count). The Morgan fingerprint density at radius 3 is 2.37 bits per heavy atom. The molecule has 1 saturated heterocycles. The van der Waals surface area contributed by atoms with E-state index in [4.69, 9.17) is 9.15 Å². The van der Waals surface area contributed by atoms with Crippen molar-refractivity contribution in [2.45, 2.75) is 45.6 Å². The number of benzene rings is 1. The van der Waals surface area contributed by atoms with E-state index < -0.39 is 10.0 Å². The minimum absolute atomic E-state index is 0.107. The first-order valence-corrected chi connectivity index (χ1v) is 10.5. The fourth-order valence-corrected chi connectivity index (χ4v) is 5.05. The zero-order chi connectivity index (χ0) is 19.9. The normalized spacial score (nSPS) is 15.7. The average molecular weight is 394 g/mol. The Morgan fingerprint density at radius 2 is 1.78 bits per heavy atom. The number of amides is 1. The number of fused-ring (bicyclic) bond motifs is 1. The lowest BCUT2D eigenvalue weighted by Crippen LogP contribution is -2.40. The first kappa shape index (κ1) is 19.9. The smallest absolute Gasteiger partial charge is 0.290 e. The van der Waals surface area contributed by atoms with Crippen molar-refractivity contribution in [2.24, 2.45) is 0 Å². The van der Waals surface area contributed by atoms with Gasteiger partial charge in [-0.2, -0.15) is 0 Å². The standard InChI is InChI=1S/C19H26N2O5S/c1-11(2)20-27(23,24)18-13(4)12(3)10-15-14(5)16(26-17(15)18)19(22)21-6-8-25-9-7-21/h10-11,20H,6-9H2,1-5H3. The second kappa shape index (κ2) is 7.26. The molecule has 148 valence electrons. The van der Waals surface area contributed by atoms with Crippen molar-refractivity contribution in [1.29, 1.82) is 0 Å². The molecule has 1 aliphatic heterocycles. The molecule has 27 heavy (non-hydrogen) atoms. The Kier molecular flexibility index (Phi) is 5.33. The second-order valence-electron chi connectivity index (χ2n) is 7.26. The van der Waals surface area contributed by atoms with Gasteiger partial charge in [0.2, 0.25) is 10.0 Å². The van der Waals surface area contributed by atoms with Gasteiger partial charge in [0.15, 0.2) is 11.3 Å². The van der Waals surface area contributed by atoms with Crippen LogP contribution in [0.4, 0.5) is 0 Å². The zero-order valence-electron chi connectivity index (χ0n) is 16.4. The molecule has 1 aromatic heterocycles. The van der Waals surface area contributed by atoms with E-state index >= 15 is 0 Å². The Morgan fingerprint density at radius 1 is 1.15 bits per heavy atom. The summed E-state index contributed by atoms with van der Waals surface area (Å²) in [5.41, 5.74) is 2.35. The monoisotopic (exact) mass is 394 g/mol. The van der Waals surface area contributed by atoms with Gasteiger partial charge in [-0.1, -0.05) is 0 Å². The predicted molar refractivity (Wildman–Crippen MR) is 103 cm³/mol. The first-order valence-electron chi connectivity index (χ1n) is 9.06. The molecule has 1 aliphatic rings. The first-order chi connectivity index (χ1) is 12.6. The van der Waals surface area contributed by atoms with Crippen LogP contribution in [0.15, 0.2) is 15.4 Å². The summed E-state index contributed by atoms with van der Waals surface area (Å²) in [6.45, 7) is 10.9. The molecule has 0 saturated carbocycles. The Hall–Kier alpha value is -1.90. The van der Waals surface area contributed by atoms with E-state index in [1.54, 1.807) is 32.6 Å². The molecule has 2 aromatic rings. The number of hydrogen-bond acceptors (Lipinski definition) is 5. The van der Waals surface area contributed by atoms with E-state index in [-0.39, 0.29) is 28.2 Å². The summed E-state index contributed by atoms with van der Waals surface area (Å²) in [6, 6.07) is 1.63. The molecule has 0 unspecified atom stereocenters. The number of rotatable bonds is 4. The third kappa shape index (κ3) is 3.61. The average Bonchev–Trinajstić information content (AvgIpc) is 2.91. The van der Waals surface area contributed by atoms with Crippen molar-refractivity contribution in [1.82, 2.24) is 9.62 Å². The van der Waals surface area contributed by atoms with Gasteiger partial charge in [-0.05, 0) is 51.8 Å². The molecule has 0 aliphatic carbocycles. The number of furan rings is 1. The van der Waals surface area contributed by atoms with Crippen LogP contribution in [0.5, 0.6) is 0 Å². The molecule has 8 heteroatoms. The molecular formula is C19H26N2O5S. The summed E-state index contributed by atoms with van der Waals surface area (Å²) >= 11 is 0. The summed E-state index contributed by atoms with van der Waals surface area (Å²) in [6.07, 6.45) is 0. The number of morpholine rings is 1. The summed E-state index contributed by atoms with van der Waals surface area (Å²) in [4.78, 5) is 14.7. The van der Waals surface area contributed by atoms with Gasteiger partial charge < -0.3 is 14.1 Å². The van der Waals surface area contributed by atoms with Crippen LogP contribution in [0.1, 0.15) is 41.1 Å². The van der Waals surface area contributed by atoms with Crippen LogP contribution in [0.25, 0.3) is 11.0 Å². The summed E-state index contributed by atoms with van der Waals surface area (Å²) in [5.74, 6) is -0.0413. The molecule has 0 spiro atoms. The van der Waals surface area contributed by atoms with Crippen molar-refractivity contribution in [2.75, 3.05) is 26.3 Å². The molecule has 1 aromatic carbocycles. The Labute approximate surface area is 159 Å². The predicted octanol–water partition coefficient (Wildman–Crippen LogP) is 2.52. The van der Waals surface area contributed by atoms with Crippen LogP contribution in [0.2, 0.25) is 0 Å². The largest absolute Gasteiger partial charge is 0.449 e. The molecule has 0 radical (unpaired) electrons. The number of hydrogen-bond donors (Lipinski definition) is 1. The lowest BCUT2D eigenvalue weighted by molar-refractivity contribution is 0.0283. The van der Waals surface area contributed by atoms with Gasteiger partial charge >= 0.3 is 0 Å². The van der Waals surface area contributed by atoms with E-state index in [0.717, 1.165) is 5.56 Å². The fraction of sp³-hybridized carbons (Fsp3) is 0.526. The number of aryl methyl sites for hydroxylation is 2. The number of ether oxygens (including phenoxy) is 1. The SMILES string of the molecule is Cc1cc2c(C)c(C(=O)N3CCOCC3)oc2c(S(=O)(=O)NC(C)C)c1C. The van der Waals surface area contributed by atoms with Gasteiger partial charge in [-0.15, -0.1) is 0 Å². The van der Waals surface area contributed by atoms with Crippen molar-refractivity contribution < 1.29 is 22.4 Å². The van der Waals surface area contributed by atoms with Crippen molar-refractivity contribution >= 4 is 26.9 Å². The maximum absolute atomic E-state index is 12.9. The van der Waals surface area contributed by atoms with Crippen molar-refractivity contribution in [3.8, 4) is 0 Å². The highest BCUT2D eigenvalue weighted by Crippen LogP contribution is 2.35. The Bertz CT molecular complexity index is 985. The van der Waals surface area contributed by atoms with Crippen LogP contribution in [0, 0.1) is 20.8 Å². The number of nitrogens with one attached hydrogen (secondary N) is 1. The highest BCUT2D eigenvalue weighted by molar-refractivity contribution is 7.89. The van der Waals surface area contributed by atoms with Crippen LogP contribution < -0.4 is 4.72 Å². The number of nitrogens with zero attached hydrogens (tertiary/aromatic N) is 1. The number of carbonyl (C=O) groups excluding carboxylic acids is 1. The molecule has 2 heterocycles. The molecule has 1 fully saturated rings. The van der Waals surface area contributed by atoms with E-state index in [0.29, 0.717) is 42.8 Å². The zero-order valence-corrected chi connectivity index (χ0v) is 17.2. The van der Waals surface area contributed by atoms with Crippen LogP contribution in [0.3, 0.4) is 0 Å². The van der Waals surface area contributed by atoms with Gasteiger partial charge in [0, 0.05) is 30.1 Å². The van der Waals surface area contributed by atoms with Crippen LogP contribution in [-0.2, 0) is 14.8 Å². The summed E-state index contributed by atoms with van der Waals surface area (Å²) < 4.78 is 39.7. The second-order valence-corrected chi connectivity index (χ2v) is 8.91. The fourth-order valence-electron chi connectivity index (χ4n) is 3.35. The lowest BCUT2D eigenvalue weighted by atomic mass is 10.0. The van der Waals surface area contributed by atoms with Gasteiger partial charge in [0.05, 0.1) is 13.2 Å². The molecule has 7 nitrogen and oxygen atoms in total. The molecular weight excluding hydrogens is 368 g/mol. The number of carbonyl (C=O) groups is 1. The minimum atomic E-state index is -3.78. The van der Waals surface area contributed by atoms with Crippen molar-refractivity contribution in [3.05, 3.63) is 28.5 Å². The third-order valence-electron chi connectivity index (χ3n) is 4.84. The van der Waals surface area contributed by atoms with Crippen LogP contribution >= 0.6 is 0 Å². The highest BCUT2D eigenvalue weighted by atomic mass is 32.2. The molecule has 0 atom stereocenters. The van der Waals surface area contributed by atoms with Crippen LogP contribution in [-0.4, -0.2) is 51.6 Å². The van der Waals surface area contributed by atoms with Gasteiger partial charge in [-0.25, -0.2) is 13.1 Å².